The highest BCUT2D eigenvalue weighted by Crippen LogP contribution is 2.61. The molecule has 2 rings (SSSR count). The molecule has 0 nitrogen and oxygen atoms in total. The quantitative estimate of drug-likeness (QED) is 0.518. The van der Waals surface area contributed by atoms with Crippen LogP contribution in [0.1, 0.15) is 67.6 Å². The van der Waals surface area contributed by atoms with Gasteiger partial charge in [-0.1, -0.05) is 46.3 Å². The van der Waals surface area contributed by atoms with E-state index in [1.165, 1.54) is 38.5 Å². The molecule has 0 aliphatic heterocycles. The van der Waals surface area contributed by atoms with E-state index in [9.17, 15) is 0 Å². The lowest BCUT2D eigenvalue weighted by Crippen LogP contribution is -2.49. The van der Waals surface area contributed by atoms with Crippen LogP contribution in [0.2, 0.25) is 0 Å². The van der Waals surface area contributed by atoms with Gasteiger partial charge in [0.05, 0.1) is 0 Å². The molecule has 0 aromatic carbocycles. The van der Waals surface area contributed by atoms with Crippen molar-refractivity contribution >= 4 is 0 Å². The van der Waals surface area contributed by atoms with Crippen LogP contribution < -0.4 is 0 Å². The lowest BCUT2D eigenvalue weighted by Gasteiger charge is -2.58. The third-order valence-corrected chi connectivity index (χ3v) is 5.73. The van der Waals surface area contributed by atoms with Gasteiger partial charge >= 0.3 is 0 Å². The van der Waals surface area contributed by atoms with Crippen molar-refractivity contribution in [2.75, 3.05) is 0 Å². The van der Waals surface area contributed by atoms with Crippen LogP contribution in [0.5, 0.6) is 0 Å². The standard InChI is InChI=1S/C16H28.H2/c1-6-13-12(2)8-9-14-15(3,4)10-7-11-16(13,14)5;/h13-14H,2,6-11H2,1,3-5H3;1H/t13?,14-,16?;/m0./s1. The first-order chi connectivity index (χ1) is 7.42. The molecule has 0 saturated heterocycles. The molecule has 0 aromatic rings. The molecular weight excluding hydrogens is 192 g/mol. The molecule has 94 valence electrons. The lowest BCUT2D eigenvalue weighted by atomic mass is 9.47. The minimum absolute atomic E-state index is 0. The summed E-state index contributed by atoms with van der Waals surface area (Å²) in [4.78, 5) is 0. The number of hydrogen-bond donors (Lipinski definition) is 0. The number of fused-ring (bicyclic) bond motifs is 1. The molecule has 0 aromatic heterocycles. The Bertz CT molecular complexity index is 292. The molecule has 0 heterocycles. The molecule has 2 saturated carbocycles. The van der Waals surface area contributed by atoms with Crippen molar-refractivity contribution in [1.82, 2.24) is 0 Å². The summed E-state index contributed by atoms with van der Waals surface area (Å²) >= 11 is 0. The highest BCUT2D eigenvalue weighted by atomic mass is 14.6. The predicted octanol–water partition coefficient (Wildman–Crippen LogP) is 5.44. The molecule has 2 aliphatic rings. The van der Waals surface area contributed by atoms with E-state index in [0.717, 1.165) is 11.8 Å². The second-order valence-electron chi connectivity index (χ2n) is 7.06. The van der Waals surface area contributed by atoms with Gasteiger partial charge in [-0.05, 0) is 54.8 Å². The van der Waals surface area contributed by atoms with Crippen LogP contribution >= 0.6 is 0 Å². The van der Waals surface area contributed by atoms with Gasteiger partial charge in [-0.3, -0.25) is 0 Å². The smallest absolute Gasteiger partial charge is 0 e. The summed E-state index contributed by atoms with van der Waals surface area (Å²) in [7, 11) is 0. The van der Waals surface area contributed by atoms with Crippen molar-refractivity contribution < 1.29 is 1.43 Å². The van der Waals surface area contributed by atoms with Crippen LogP contribution in [0.3, 0.4) is 0 Å². The zero-order chi connectivity index (χ0) is 12.0. The topological polar surface area (TPSA) is 0 Å². The van der Waals surface area contributed by atoms with Crippen LogP contribution in [0.25, 0.3) is 0 Å². The van der Waals surface area contributed by atoms with Gasteiger partial charge < -0.3 is 0 Å². The van der Waals surface area contributed by atoms with E-state index in [1.807, 2.05) is 0 Å². The van der Waals surface area contributed by atoms with Gasteiger partial charge in [-0.25, -0.2) is 0 Å². The monoisotopic (exact) mass is 222 g/mol. The predicted molar refractivity (Wildman–Crippen MR) is 73.5 cm³/mol. The van der Waals surface area contributed by atoms with E-state index in [-0.39, 0.29) is 1.43 Å². The Morgan fingerprint density at radius 3 is 2.62 bits per heavy atom. The van der Waals surface area contributed by atoms with Gasteiger partial charge in [0, 0.05) is 1.43 Å². The maximum atomic E-state index is 4.35. The van der Waals surface area contributed by atoms with E-state index in [0.29, 0.717) is 10.8 Å². The van der Waals surface area contributed by atoms with Gasteiger partial charge in [-0.2, -0.15) is 0 Å². The van der Waals surface area contributed by atoms with Gasteiger partial charge in [-0.15, -0.1) is 0 Å². The van der Waals surface area contributed by atoms with Crippen LogP contribution in [0.15, 0.2) is 12.2 Å². The lowest BCUT2D eigenvalue weighted by molar-refractivity contribution is -0.0527. The Kier molecular flexibility index (Phi) is 2.97. The second kappa shape index (κ2) is 3.89. The Morgan fingerprint density at radius 1 is 1.31 bits per heavy atom. The summed E-state index contributed by atoms with van der Waals surface area (Å²) in [5.41, 5.74) is 2.64. The number of rotatable bonds is 1. The number of allylic oxidation sites excluding steroid dienone is 1. The normalized spacial score (nSPS) is 42.9. The summed E-state index contributed by atoms with van der Waals surface area (Å²) in [6, 6.07) is 0. The first-order valence-corrected chi connectivity index (χ1v) is 7.09. The Balaban J connectivity index is 0.00000144. The second-order valence-corrected chi connectivity index (χ2v) is 7.06. The van der Waals surface area contributed by atoms with Crippen LogP contribution in [-0.2, 0) is 0 Å². The van der Waals surface area contributed by atoms with E-state index < -0.39 is 0 Å². The zero-order valence-electron chi connectivity index (χ0n) is 11.6. The fraction of sp³-hybridized carbons (Fsp3) is 0.875. The molecule has 3 atom stereocenters. The SMILES string of the molecule is C=C1CC[C@H]2C(C)(C)CCCC2(C)C1CC.[HH]. The van der Waals surface area contributed by atoms with Crippen molar-refractivity contribution in [3.8, 4) is 0 Å². The minimum Gasteiger partial charge on any atom is -0.0996 e. The van der Waals surface area contributed by atoms with Gasteiger partial charge in [0.15, 0.2) is 0 Å². The molecule has 0 N–H and O–H groups in total. The summed E-state index contributed by atoms with van der Waals surface area (Å²) in [5.74, 6) is 1.70. The summed E-state index contributed by atoms with van der Waals surface area (Å²) in [5, 5.41) is 0. The van der Waals surface area contributed by atoms with Gasteiger partial charge in [0.2, 0.25) is 0 Å². The van der Waals surface area contributed by atoms with Crippen molar-refractivity contribution in [2.45, 2.75) is 66.2 Å². The fourth-order valence-electron chi connectivity index (χ4n) is 5.03. The van der Waals surface area contributed by atoms with Gasteiger partial charge in [0.1, 0.15) is 0 Å². The first-order valence-electron chi connectivity index (χ1n) is 7.09. The van der Waals surface area contributed by atoms with Crippen LogP contribution in [0, 0.1) is 22.7 Å². The molecule has 0 radical (unpaired) electrons. The fourth-order valence-corrected chi connectivity index (χ4v) is 5.03. The first kappa shape index (κ1) is 12.2. The van der Waals surface area contributed by atoms with Crippen molar-refractivity contribution in [2.24, 2.45) is 22.7 Å². The molecule has 0 amide bonds. The van der Waals surface area contributed by atoms with Crippen LogP contribution in [0.4, 0.5) is 0 Å². The average molecular weight is 222 g/mol. The van der Waals surface area contributed by atoms with E-state index in [4.69, 9.17) is 0 Å². The summed E-state index contributed by atoms with van der Waals surface area (Å²) in [6.45, 7) is 14.2. The Morgan fingerprint density at radius 2 is 2.00 bits per heavy atom. The minimum atomic E-state index is 0. The molecule has 0 bridgehead atoms. The third-order valence-electron chi connectivity index (χ3n) is 5.73. The Hall–Kier alpha value is -0.260. The van der Waals surface area contributed by atoms with E-state index >= 15 is 0 Å². The molecule has 2 fully saturated rings. The largest absolute Gasteiger partial charge is 0.0996 e. The average Bonchev–Trinajstić information content (AvgIpc) is 2.15. The maximum Gasteiger partial charge on any atom is 0 e. The molecule has 0 heteroatoms. The summed E-state index contributed by atoms with van der Waals surface area (Å²) in [6.07, 6.45) is 8.24. The Labute approximate surface area is 103 Å². The van der Waals surface area contributed by atoms with Crippen LogP contribution in [-0.4, -0.2) is 0 Å². The highest BCUT2D eigenvalue weighted by Gasteiger charge is 2.52. The molecule has 2 unspecified atom stereocenters. The van der Waals surface area contributed by atoms with Crippen molar-refractivity contribution in [1.29, 1.82) is 0 Å². The van der Waals surface area contributed by atoms with Crippen molar-refractivity contribution in [3.05, 3.63) is 12.2 Å². The summed E-state index contributed by atoms with van der Waals surface area (Å²) < 4.78 is 0. The van der Waals surface area contributed by atoms with E-state index in [2.05, 4.69) is 34.3 Å². The third kappa shape index (κ3) is 1.65. The molecular formula is C16H30. The molecule has 0 spiro atoms. The number of hydrogen-bond acceptors (Lipinski definition) is 0. The molecule has 16 heavy (non-hydrogen) atoms. The zero-order valence-corrected chi connectivity index (χ0v) is 11.6. The van der Waals surface area contributed by atoms with E-state index in [1.54, 1.807) is 5.57 Å². The highest BCUT2D eigenvalue weighted by molar-refractivity contribution is 5.15. The molecule has 2 aliphatic carbocycles. The maximum absolute atomic E-state index is 4.35. The van der Waals surface area contributed by atoms with Gasteiger partial charge in [0.25, 0.3) is 0 Å². The van der Waals surface area contributed by atoms with Crippen molar-refractivity contribution in [3.63, 3.8) is 0 Å².